The zero-order valence-corrected chi connectivity index (χ0v) is 42.0. The molecule has 3 aliphatic heterocycles. The number of nitro benzene ring substituents is 2. The highest BCUT2D eigenvalue weighted by Crippen LogP contribution is 2.33. The van der Waals surface area contributed by atoms with Gasteiger partial charge in [-0.25, -0.2) is 8.42 Å². The number of quaternary nitrogens is 1. The Morgan fingerprint density at radius 2 is 1.01 bits per heavy atom. The minimum atomic E-state index is -4.41. The molecule has 0 aliphatic carbocycles. The van der Waals surface area contributed by atoms with E-state index < -0.39 is 30.6 Å². The van der Waals surface area contributed by atoms with Crippen LogP contribution in [0, 0.1) is 20.2 Å². The van der Waals surface area contributed by atoms with Crippen molar-refractivity contribution in [1.82, 2.24) is 4.90 Å². The maximum atomic E-state index is 11.3. The largest absolute Gasteiger partial charge is 0.726 e. The predicted octanol–water partition coefficient (Wildman–Crippen LogP) is 5.33. The molecule has 4 aromatic rings. The molecule has 0 spiro atoms. The molecule has 0 saturated carbocycles. The zero-order valence-electron chi connectivity index (χ0n) is 40.3. The van der Waals surface area contributed by atoms with Gasteiger partial charge < -0.3 is 42.2 Å². The van der Waals surface area contributed by atoms with Gasteiger partial charge in [0.25, 0.3) is 0 Å². The maximum absolute atomic E-state index is 11.3. The smallest absolute Gasteiger partial charge is 0.399 e. The van der Waals surface area contributed by atoms with E-state index in [0.717, 1.165) is 96.1 Å². The van der Waals surface area contributed by atoms with Gasteiger partial charge >= 0.3 is 21.8 Å². The third-order valence-electron chi connectivity index (χ3n) is 10.4. The molecule has 0 radical (unpaired) electrons. The van der Waals surface area contributed by atoms with Gasteiger partial charge in [-0.05, 0) is 36.1 Å². The Morgan fingerprint density at radius 1 is 0.592 bits per heavy atom. The van der Waals surface area contributed by atoms with Crippen LogP contribution in [0.2, 0.25) is 0 Å². The van der Waals surface area contributed by atoms with E-state index in [1.807, 2.05) is 60.7 Å². The highest BCUT2D eigenvalue weighted by Gasteiger charge is 2.26. The van der Waals surface area contributed by atoms with E-state index in [1.54, 1.807) is 24.3 Å². The second-order valence-corrected chi connectivity index (χ2v) is 18.1. The lowest BCUT2D eigenvalue weighted by molar-refractivity contribution is -0.916. The summed E-state index contributed by atoms with van der Waals surface area (Å²) >= 11 is 0. The molecule has 0 unspecified atom stereocenters. The van der Waals surface area contributed by atoms with Crippen molar-refractivity contribution < 1.29 is 81.4 Å². The van der Waals surface area contributed by atoms with E-state index in [2.05, 4.69) is 24.5 Å². The first kappa shape index (κ1) is 59.7. The third kappa shape index (κ3) is 25.4. The monoisotopic (exact) mass is 1040 g/mol. The minimum Gasteiger partial charge on any atom is -0.726 e. The molecule has 0 aromatic heterocycles. The second kappa shape index (κ2) is 32.4. The Kier molecular flexibility index (Phi) is 27.3. The van der Waals surface area contributed by atoms with Crippen LogP contribution in [-0.2, 0) is 60.8 Å². The van der Waals surface area contributed by atoms with Crippen LogP contribution in [0.25, 0.3) is 0 Å². The fourth-order valence-corrected chi connectivity index (χ4v) is 6.39. The van der Waals surface area contributed by atoms with Crippen LogP contribution >= 0.6 is 0 Å². The molecule has 3 aliphatic rings. The minimum absolute atomic E-state index is 0.0494. The van der Waals surface area contributed by atoms with Gasteiger partial charge in [0, 0.05) is 57.1 Å². The van der Waals surface area contributed by atoms with Crippen molar-refractivity contribution in [1.29, 1.82) is 0 Å². The second-order valence-electron chi connectivity index (χ2n) is 15.5. The van der Waals surface area contributed by atoms with E-state index in [0.29, 0.717) is 57.7 Å². The molecule has 0 atom stereocenters. The molecule has 0 N–H and O–H groups in total. The van der Waals surface area contributed by atoms with Gasteiger partial charge in [0.2, 0.25) is 21.9 Å². The molecular formula is C46H64N4O19S2. The molecule has 0 bridgehead atoms. The van der Waals surface area contributed by atoms with Crippen molar-refractivity contribution >= 4 is 32.2 Å². The summed E-state index contributed by atoms with van der Waals surface area (Å²) in [5.74, 6) is 1.56. The zero-order chi connectivity index (χ0) is 52.0. The summed E-state index contributed by atoms with van der Waals surface area (Å²) in [6.07, 6.45) is 2.56. The molecule has 25 heteroatoms. The molecular weight excluding hydrogens is 977 g/mol. The topological polar surface area (TPSA) is 273 Å². The van der Waals surface area contributed by atoms with E-state index in [-0.39, 0.29) is 22.9 Å². The van der Waals surface area contributed by atoms with Crippen molar-refractivity contribution in [2.24, 2.45) is 0 Å². The first-order chi connectivity index (χ1) is 34.0. The highest BCUT2D eigenvalue weighted by molar-refractivity contribution is 7.81. The number of hydrogen-bond acceptors (Lipinski definition) is 20. The van der Waals surface area contributed by atoms with Crippen LogP contribution in [0.5, 0.6) is 23.0 Å². The molecule has 3 heterocycles. The van der Waals surface area contributed by atoms with Gasteiger partial charge in [0.05, 0.1) is 64.7 Å². The van der Waals surface area contributed by atoms with Crippen LogP contribution in [-0.4, -0.2) is 161 Å². The number of morpholine rings is 2. The molecule has 394 valence electrons. The molecule has 0 amide bonds. The van der Waals surface area contributed by atoms with Gasteiger partial charge in [-0.15, -0.1) is 0 Å². The van der Waals surface area contributed by atoms with Gasteiger partial charge in [0.15, 0.2) is 0 Å². The van der Waals surface area contributed by atoms with E-state index in [9.17, 15) is 41.6 Å². The van der Waals surface area contributed by atoms with E-state index in [4.69, 9.17) is 33.2 Å². The fraction of sp³-hybridized carbons (Fsp3) is 0.478. The van der Waals surface area contributed by atoms with Crippen molar-refractivity contribution in [3.8, 4) is 23.0 Å². The summed E-state index contributed by atoms with van der Waals surface area (Å²) in [5.41, 5.74) is 1.95. The highest BCUT2D eigenvalue weighted by atomic mass is 32.3. The molecule has 23 nitrogen and oxygen atoms in total. The average Bonchev–Trinajstić information content (AvgIpc) is 3.98. The Balaban J connectivity index is 0.000000279. The van der Waals surface area contributed by atoms with Crippen molar-refractivity contribution in [3.63, 3.8) is 0 Å². The van der Waals surface area contributed by atoms with Gasteiger partial charge in [-0.2, -0.15) is 8.42 Å². The quantitative estimate of drug-likeness (QED) is 0.0377. The Bertz CT molecular complexity index is 2350. The van der Waals surface area contributed by atoms with Gasteiger partial charge in [-0.1, -0.05) is 60.7 Å². The Morgan fingerprint density at radius 3 is 1.39 bits per heavy atom. The van der Waals surface area contributed by atoms with Gasteiger partial charge in [-0.3, -0.25) is 37.7 Å². The lowest BCUT2D eigenvalue weighted by atomic mass is 10.2. The molecule has 71 heavy (non-hydrogen) atoms. The number of hydrogen-bond donors (Lipinski definition) is 0. The standard InChI is InChI=1S/C20H25N2O5.C19H22N2O5.C4H8O.C2H6O4S.CH4O4S/c1-22(9-12-25-13-10-22)11-14-26-20-15-18(7-8-19(20)21(23)24)27-16-17-5-3-2-4-6-17;22-21(23)18-7-6-17(26-15-16-4-2-1-3-5-16)14-19(18)25-13-10-20-8-11-24-12-9-20;1-2-4-5-3-1;1-5-7(3,4)6-2;1-5-6(2,3)4/h2-8,15H,9-14,16H2,1H3;1-7,14H,8-13,15H2;1-4H2;1-2H3;1H3,(H,2,3,4)/q+1;;;;/p-1. The van der Waals surface area contributed by atoms with Crippen LogP contribution in [0.15, 0.2) is 97.1 Å². The Hall–Kier alpha value is -5.58. The lowest BCUT2D eigenvalue weighted by Crippen LogP contribution is -2.53. The third-order valence-corrected chi connectivity index (χ3v) is 11.6. The summed E-state index contributed by atoms with van der Waals surface area (Å²) in [7, 11) is -3.06. The number of benzene rings is 4. The predicted molar refractivity (Wildman–Crippen MR) is 257 cm³/mol. The van der Waals surface area contributed by atoms with Crippen molar-refractivity contribution in [2.75, 3.05) is 121 Å². The van der Waals surface area contributed by atoms with Crippen LogP contribution in [0.3, 0.4) is 0 Å². The number of likely N-dealkylation sites (N-methyl/N-ethyl adjacent to an activating group) is 1. The normalized spacial score (nSPS) is 15.3. The fourth-order valence-electron chi connectivity index (χ4n) is 6.25. The summed E-state index contributed by atoms with van der Waals surface area (Å²) in [4.78, 5) is 23.9. The lowest BCUT2D eigenvalue weighted by Gasteiger charge is -2.37. The van der Waals surface area contributed by atoms with Crippen LogP contribution in [0.1, 0.15) is 24.0 Å². The van der Waals surface area contributed by atoms with Crippen LogP contribution in [0.4, 0.5) is 11.4 Å². The average molecular weight is 1040 g/mol. The summed E-state index contributed by atoms with van der Waals surface area (Å²) in [5, 5.41) is 22.5. The maximum Gasteiger partial charge on any atom is 0.399 e. The first-order valence-corrected chi connectivity index (χ1v) is 25.0. The Labute approximate surface area is 415 Å². The number of rotatable bonds is 19. The van der Waals surface area contributed by atoms with Gasteiger partial charge in [0.1, 0.15) is 57.6 Å². The molecule has 7 rings (SSSR count). The SMILES string of the molecule is C1CCOC1.COS(=O)(=O)OC.COS(=O)(=O)[O-].C[N+]1(CCOc2cc(OCc3ccccc3)ccc2[N+](=O)[O-])CCOCC1.O=[N+]([O-])c1ccc(OCc2ccccc2)cc1OCCN1CCOCC1. The van der Waals surface area contributed by atoms with E-state index >= 15 is 0 Å². The molecule has 4 aromatic carbocycles. The van der Waals surface area contributed by atoms with Crippen molar-refractivity contribution in [3.05, 3.63) is 128 Å². The van der Waals surface area contributed by atoms with Crippen LogP contribution < -0.4 is 18.9 Å². The summed E-state index contributed by atoms with van der Waals surface area (Å²) in [6, 6.07) is 28.7. The summed E-state index contributed by atoms with van der Waals surface area (Å²) in [6.45, 7) is 11.5. The number of nitrogens with zero attached hydrogens (tertiary/aromatic N) is 4. The van der Waals surface area contributed by atoms with E-state index in [1.165, 1.54) is 25.0 Å². The number of ether oxygens (including phenoxy) is 7. The number of nitro groups is 2. The summed E-state index contributed by atoms with van der Waals surface area (Å²) < 4.78 is 98.0. The first-order valence-electron chi connectivity index (χ1n) is 22.3. The molecule has 3 fully saturated rings. The molecule has 3 saturated heterocycles. The van der Waals surface area contributed by atoms with Crippen molar-refractivity contribution in [2.45, 2.75) is 26.1 Å².